The lowest BCUT2D eigenvalue weighted by Crippen LogP contribution is -2.26. The number of amides is 1. The Kier molecular flexibility index (Phi) is 3.66. The van der Waals surface area contributed by atoms with Gasteiger partial charge in [-0.25, -0.2) is 18.6 Å². The van der Waals surface area contributed by atoms with Gasteiger partial charge in [0.2, 0.25) is 5.91 Å². The zero-order valence-corrected chi connectivity index (χ0v) is 11.4. The highest BCUT2D eigenvalue weighted by molar-refractivity contribution is 6.04. The standard InChI is InChI=1S/C16H11F3N2O/c17-12-4-2-1-3-9(12)10-7-14(19)11(8-13(10)18)15-5-6-16(22)21-20-15/h1-4,7-8H,5-6H2,(H,21,22). The van der Waals surface area contributed by atoms with Crippen LogP contribution in [0.4, 0.5) is 13.2 Å². The zero-order valence-electron chi connectivity index (χ0n) is 11.4. The van der Waals surface area contributed by atoms with Crippen LogP contribution in [0.1, 0.15) is 18.4 Å². The highest BCUT2D eigenvalue weighted by atomic mass is 19.1. The van der Waals surface area contributed by atoms with Crippen molar-refractivity contribution in [1.29, 1.82) is 0 Å². The number of nitrogens with zero attached hydrogens (tertiary/aromatic N) is 1. The van der Waals surface area contributed by atoms with Gasteiger partial charge in [0.05, 0.1) is 5.71 Å². The number of hydrogen-bond donors (Lipinski definition) is 1. The summed E-state index contributed by atoms with van der Waals surface area (Å²) in [6.07, 6.45) is 0.385. The second-order valence-electron chi connectivity index (χ2n) is 4.89. The van der Waals surface area contributed by atoms with Crippen LogP contribution in [0.3, 0.4) is 0 Å². The van der Waals surface area contributed by atoms with E-state index >= 15 is 0 Å². The van der Waals surface area contributed by atoms with Gasteiger partial charge in [-0.3, -0.25) is 4.79 Å². The van der Waals surface area contributed by atoms with Crippen molar-refractivity contribution in [3.8, 4) is 11.1 Å². The van der Waals surface area contributed by atoms with Crippen molar-refractivity contribution in [2.24, 2.45) is 5.10 Å². The molecule has 0 saturated heterocycles. The molecule has 0 spiro atoms. The Morgan fingerprint density at radius 2 is 1.55 bits per heavy atom. The minimum absolute atomic E-state index is 0.00987. The van der Waals surface area contributed by atoms with Crippen LogP contribution in [0, 0.1) is 17.5 Å². The molecule has 1 amide bonds. The summed E-state index contributed by atoms with van der Waals surface area (Å²) < 4.78 is 42.2. The first-order valence-corrected chi connectivity index (χ1v) is 6.66. The SMILES string of the molecule is O=C1CCC(c2cc(F)c(-c3ccccc3F)cc2F)=NN1. The molecule has 1 aliphatic heterocycles. The van der Waals surface area contributed by atoms with Gasteiger partial charge in [0.1, 0.15) is 17.5 Å². The number of hydrazone groups is 1. The van der Waals surface area contributed by atoms with E-state index in [2.05, 4.69) is 10.5 Å². The predicted octanol–water partition coefficient (Wildman–Crippen LogP) is 3.39. The van der Waals surface area contributed by atoms with Crippen LogP contribution in [0.25, 0.3) is 11.1 Å². The van der Waals surface area contributed by atoms with Gasteiger partial charge in [0.25, 0.3) is 0 Å². The molecule has 3 rings (SSSR count). The smallest absolute Gasteiger partial charge is 0.240 e. The van der Waals surface area contributed by atoms with Crippen LogP contribution in [0.2, 0.25) is 0 Å². The molecule has 0 radical (unpaired) electrons. The molecule has 1 aliphatic rings. The molecule has 0 atom stereocenters. The van der Waals surface area contributed by atoms with E-state index in [0.717, 1.165) is 12.1 Å². The molecule has 0 bridgehead atoms. The van der Waals surface area contributed by atoms with E-state index in [1.165, 1.54) is 18.2 Å². The molecular weight excluding hydrogens is 293 g/mol. The molecule has 2 aromatic carbocycles. The summed E-state index contributed by atoms with van der Waals surface area (Å²) in [4.78, 5) is 11.0. The lowest BCUT2D eigenvalue weighted by Gasteiger charge is -2.14. The van der Waals surface area contributed by atoms with Crippen molar-refractivity contribution in [1.82, 2.24) is 5.43 Å². The first kappa shape index (κ1) is 14.3. The predicted molar refractivity (Wildman–Crippen MR) is 75.7 cm³/mol. The van der Waals surface area contributed by atoms with E-state index in [-0.39, 0.29) is 41.2 Å². The summed E-state index contributed by atoms with van der Waals surface area (Å²) in [6, 6.07) is 7.51. The third-order valence-corrected chi connectivity index (χ3v) is 3.44. The van der Waals surface area contributed by atoms with Crippen LogP contribution in [-0.2, 0) is 4.79 Å². The Morgan fingerprint density at radius 1 is 0.864 bits per heavy atom. The summed E-state index contributed by atoms with van der Waals surface area (Å²) in [7, 11) is 0. The number of carbonyl (C=O) groups is 1. The molecule has 0 unspecified atom stereocenters. The molecule has 1 N–H and O–H groups in total. The molecule has 3 nitrogen and oxygen atoms in total. The first-order valence-electron chi connectivity index (χ1n) is 6.66. The van der Waals surface area contributed by atoms with E-state index in [4.69, 9.17) is 0 Å². The monoisotopic (exact) mass is 304 g/mol. The summed E-state index contributed by atoms with van der Waals surface area (Å²) in [5.41, 5.74) is 2.30. The lowest BCUT2D eigenvalue weighted by molar-refractivity contribution is -0.121. The van der Waals surface area contributed by atoms with Gasteiger partial charge in [-0.2, -0.15) is 5.10 Å². The highest BCUT2D eigenvalue weighted by Gasteiger charge is 2.20. The van der Waals surface area contributed by atoms with Gasteiger partial charge in [-0.1, -0.05) is 18.2 Å². The van der Waals surface area contributed by atoms with Crippen molar-refractivity contribution in [3.05, 3.63) is 59.4 Å². The topological polar surface area (TPSA) is 41.5 Å². The van der Waals surface area contributed by atoms with Gasteiger partial charge in [0, 0.05) is 29.5 Å². The molecule has 112 valence electrons. The van der Waals surface area contributed by atoms with Gasteiger partial charge >= 0.3 is 0 Å². The van der Waals surface area contributed by atoms with Gasteiger partial charge < -0.3 is 0 Å². The van der Waals surface area contributed by atoms with E-state index in [9.17, 15) is 18.0 Å². The molecular formula is C16H11F3N2O. The summed E-state index contributed by atoms with van der Waals surface area (Å²) in [5.74, 6) is -2.36. The van der Waals surface area contributed by atoms with Gasteiger partial charge in [-0.15, -0.1) is 0 Å². The van der Waals surface area contributed by atoms with Gasteiger partial charge in [0.15, 0.2) is 0 Å². The van der Waals surface area contributed by atoms with Crippen LogP contribution < -0.4 is 5.43 Å². The third kappa shape index (κ3) is 2.59. The number of benzene rings is 2. The third-order valence-electron chi connectivity index (χ3n) is 3.44. The minimum Gasteiger partial charge on any atom is -0.273 e. The van der Waals surface area contributed by atoms with E-state index in [0.29, 0.717) is 0 Å². The zero-order chi connectivity index (χ0) is 15.7. The van der Waals surface area contributed by atoms with Crippen molar-refractivity contribution in [3.63, 3.8) is 0 Å². The van der Waals surface area contributed by atoms with Crippen molar-refractivity contribution in [2.45, 2.75) is 12.8 Å². The second-order valence-corrected chi connectivity index (χ2v) is 4.89. The van der Waals surface area contributed by atoms with Gasteiger partial charge in [-0.05, 0) is 18.2 Å². The maximum atomic E-state index is 14.3. The van der Waals surface area contributed by atoms with Crippen molar-refractivity contribution < 1.29 is 18.0 Å². The lowest BCUT2D eigenvalue weighted by atomic mass is 9.98. The fraction of sp³-hybridized carbons (Fsp3) is 0.125. The average molecular weight is 304 g/mol. The largest absolute Gasteiger partial charge is 0.273 e. The first-order chi connectivity index (χ1) is 10.6. The quantitative estimate of drug-likeness (QED) is 0.908. The fourth-order valence-electron chi connectivity index (χ4n) is 2.32. The van der Waals surface area contributed by atoms with E-state index in [1.807, 2.05) is 0 Å². The highest BCUT2D eigenvalue weighted by Crippen LogP contribution is 2.28. The van der Waals surface area contributed by atoms with Crippen molar-refractivity contribution >= 4 is 11.6 Å². The molecule has 0 fully saturated rings. The summed E-state index contributed by atoms with van der Waals surface area (Å²) in [6.45, 7) is 0. The average Bonchev–Trinajstić information content (AvgIpc) is 2.51. The van der Waals surface area contributed by atoms with Crippen LogP contribution in [0.15, 0.2) is 41.5 Å². The molecule has 22 heavy (non-hydrogen) atoms. The normalized spacial score (nSPS) is 14.5. The van der Waals surface area contributed by atoms with Crippen molar-refractivity contribution in [2.75, 3.05) is 0 Å². The maximum Gasteiger partial charge on any atom is 0.240 e. The number of halogens is 3. The molecule has 1 heterocycles. The summed E-state index contributed by atoms with van der Waals surface area (Å²) in [5, 5.41) is 3.74. The second kappa shape index (κ2) is 5.63. The fourth-order valence-corrected chi connectivity index (χ4v) is 2.32. The number of hydrogen-bond acceptors (Lipinski definition) is 2. The van der Waals surface area contributed by atoms with Crippen LogP contribution in [0.5, 0.6) is 0 Å². The molecule has 0 aromatic heterocycles. The Hall–Kier alpha value is -2.63. The Bertz CT molecular complexity index is 787. The van der Waals surface area contributed by atoms with Crippen LogP contribution in [-0.4, -0.2) is 11.6 Å². The Morgan fingerprint density at radius 3 is 2.23 bits per heavy atom. The number of rotatable bonds is 2. The molecule has 0 saturated carbocycles. The summed E-state index contributed by atoms with van der Waals surface area (Å²) >= 11 is 0. The minimum atomic E-state index is -0.749. The number of nitrogens with one attached hydrogen (secondary N) is 1. The van der Waals surface area contributed by atoms with E-state index < -0.39 is 17.5 Å². The van der Waals surface area contributed by atoms with Crippen LogP contribution >= 0.6 is 0 Å². The molecule has 6 heteroatoms. The maximum absolute atomic E-state index is 14.3. The Labute approximate surface area is 124 Å². The number of carbonyl (C=O) groups excluding carboxylic acids is 1. The van der Waals surface area contributed by atoms with E-state index in [1.54, 1.807) is 6.07 Å². The molecule has 2 aromatic rings. The Balaban J connectivity index is 2.06. The molecule has 0 aliphatic carbocycles.